The lowest BCUT2D eigenvalue weighted by atomic mass is 9.97. The predicted molar refractivity (Wildman–Crippen MR) is 123 cm³/mol. The van der Waals surface area contributed by atoms with Gasteiger partial charge in [-0.05, 0) is 79.5 Å². The minimum atomic E-state index is -0.926. The molecular formula is C26H28N4O3. The summed E-state index contributed by atoms with van der Waals surface area (Å²) in [6.45, 7) is 0. The Morgan fingerprint density at radius 1 is 0.939 bits per heavy atom. The van der Waals surface area contributed by atoms with Crippen molar-refractivity contribution in [1.82, 2.24) is 19.5 Å². The number of carboxylic acids is 1. The highest BCUT2D eigenvalue weighted by Crippen LogP contribution is 2.39. The Morgan fingerprint density at radius 3 is 2.36 bits per heavy atom. The highest BCUT2D eigenvalue weighted by atomic mass is 16.4. The molecule has 5 rings (SSSR count). The fourth-order valence-electron chi connectivity index (χ4n) is 4.89. The molecule has 1 N–H and O–H groups in total. The van der Waals surface area contributed by atoms with Crippen molar-refractivity contribution in [3.63, 3.8) is 0 Å². The van der Waals surface area contributed by atoms with Gasteiger partial charge in [0, 0.05) is 36.8 Å². The average Bonchev–Trinajstić information content (AvgIpc) is 3.57. The van der Waals surface area contributed by atoms with Crippen LogP contribution in [0, 0.1) is 11.8 Å². The number of aliphatic carboxylic acids is 1. The molecule has 3 heterocycles. The third kappa shape index (κ3) is 5.35. The third-order valence-electron chi connectivity index (χ3n) is 6.81. The number of pyridine rings is 2. The van der Waals surface area contributed by atoms with E-state index in [4.69, 9.17) is 5.11 Å². The molecule has 0 aromatic carbocycles. The topological polar surface area (TPSA) is 98.0 Å². The molecule has 0 amide bonds. The maximum atomic E-state index is 12.2. The molecule has 170 valence electrons. The van der Waals surface area contributed by atoms with Crippen molar-refractivity contribution < 1.29 is 9.90 Å². The van der Waals surface area contributed by atoms with Crippen LogP contribution in [-0.2, 0) is 24.1 Å². The first-order chi connectivity index (χ1) is 16.0. The number of hydrogen-bond donors (Lipinski definition) is 1. The quantitative estimate of drug-likeness (QED) is 0.569. The Bertz CT molecular complexity index is 1180. The smallest absolute Gasteiger partial charge is 0.307 e. The average molecular weight is 445 g/mol. The summed E-state index contributed by atoms with van der Waals surface area (Å²) in [6.07, 6.45) is 15.1. The number of carboxylic acid groups (broad SMARTS) is 1. The Kier molecular flexibility index (Phi) is 6.03. The summed E-state index contributed by atoms with van der Waals surface area (Å²) in [5.74, 6) is 1.95. The third-order valence-corrected chi connectivity index (χ3v) is 6.81. The summed E-state index contributed by atoms with van der Waals surface area (Å²) in [7, 11) is 0. The Labute approximate surface area is 192 Å². The van der Waals surface area contributed by atoms with Crippen LogP contribution in [0.4, 0.5) is 0 Å². The first kappa shape index (κ1) is 21.5. The summed E-state index contributed by atoms with van der Waals surface area (Å²) in [5, 5.41) is 9.00. The zero-order chi connectivity index (χ0) is 22.8. The Balaban J connectivity index is 1.18. The molecule has 2 atom stereocenters. The standard InChI is InChI=1S/C26H28N4O3/c31-25-8-3-19(12-26(32)33)16-30(25)23-7-6-22(27-15-23)10-17-1-2-18(9-17)11-24-28-13-21(14-29-24)20-4-5-20/h3,6-8,13-18,20H,1-2,4-5,9-12H2,(H,32,33)/t17-,18-/m0/s1. The summed E-state index contributed by atoms with van der Waals surface area (Å²) in [5.41, 5.74) is 3.32. The molecule has 2 aliphatic carbocycles. The van der Waals surface area contributed by atoms with Gasteiger partial charge in [0.2, 0.25) is 0 Å². The van der Waals surface area contributed by atoms with Crippen molar-refractivity contribution in [1.29, 1.82) is 0 Å². The summed E-state index contributed by atoms with van der Waals surface area (Å²) < 4.78 is 1.45. The van der Waals surface area contributed by atoms with Gasteiger partial charge in [0.15, 0.2) is 0 Å². The van der Waals surface area contributed by atoms with Crippen LogP contribution in [0.25, 0.3) is 5.69 Å². The van der Waals surface area contributed by atoms with Gasteiger partial charge < -0.3 is 5.11 Å². The van der Waals surface area contributed by atoms with E-state index in [0.29, 0.717) is 29.0 Å². The Hall–Kier alpha value is -3.35. The van der Waals surface area contributed by atoms with Crippen LogP contribution in [0.1, 0.15) is 60.7 Å². The number of nitrogens with zero attached hydrogens (tertiary/aromatic N) is 4. The van der Waals surface area contributed by atoms with Crippen LogP contribution in [0.2, 0.25) is 0 Å². The minimum absolute atomic E-state index is 0.121. The molecule has 0 radical (unpaired) electrons. The van der Waals surface area contributed by atoms with Crippen LogP contribution < -0.4 is 5.56 Å². The van der Waals surface area contributed by atoms with E-state index in [-0.39, 0.29) is 12.0 Å². The monoisotopic (exact) mass is 444 g/mol. The minimum Gasteiger partial charge on any atom is -0.481 e. The maximum absolute atomic E-state index is 12.2. The van der Waals surface area contributed by atoms with Crippen molar-refractivity contribution >= 4 is 5.97 Å². The largest absolute Gasteiger partial charge is 0.481 e. The number of hydrogen-bond acceptors (Lipinski definition) is 5. The maximum Gasteiger partial charge on any atom is 0.307 e. The van der Waals surface area contributed by atoms with Crippen LogP contribution in [-0.4, -0.2) is 30.6 Å². The van der Waals surface area contributed by atoms with E-state index >= 15 is 0 Å². The molecule has 0 spiro atoms. The molecule has 3 aromatic rings. The fraction of sp³-hybridized carbons (Fsp3) is 0.423. The summed E-state index contributed by atoms with van der Waals surface area (Å²) in [4.78, 5) is 37.0. The van der Waals surface area contributed by atoms with Crippen molar-refractivity contribution in [2.24, 2.45) is 11.8 Å². The van der Waals surface area contributed by atoms with Gasteiger partial charge in [-0.1, -0.05) is 6.07 Å². The van der Waals surface area contributed by atoms with Gasteiger partial charge in [0.25, 0.3) is 5.56 Å². The number of carbonyl (C=O) groups is 1. The van der Waals surface area contributed by atoms with Gasteiger partial charge in [0.1, 0.15) is 5.82 Å². The highest BCUT2D eigenvalue weighted by Gasteiger charge is 2.27. The first-order valence-corrected chi connectivity index (χ1v) is 11.7. The van der Waals surface area contributed by atoms with Gasteiger partial charge in [-0.25, -0.2) is 9.97 Å². The van der Waals surface area contributed by atoms with Gasteiger partial charge in [-0.3, -0.25) is 19.1 Å². The van der Waals surface area contributed by atoms with E-state index in [9.17, 15) is 9.59 Å². The van der Waals surface area contributed by atoms with Gasteiger partial charge >= 0.3 is 5.97 Å². The van der Waals surface area contributed by atoms with Gasteiger partial charge in [-0.15, -0.1) is 0 Å². The molecule has 0 aliphatic heterocycles. The van der Waals surface area contributed by atoms with E-state index in [1.54, 1.807) is 18.5 Å². The van der Waals surface area contributed by atoms with E-state index < -0.39 is 5.97 Å². The molecule has 2 aliphatic rings. The van der Waals surface area contributed by atoms with E-state index in [1.807, 2.05) is 24.5 Å². The van der Waals surface area contributed by atoms with Crippen LogP contribution in [0.15, 0.2) is 53.8 Å². The predicted octanol–water partition coefficient (Wildman–Crippen LogP) is 3.73. The lowest BCUT2D eigenvalue weighted by Crippen LogP contribution is -2.18. The first-order valence-electron chi connectivity index (χ1n) is 11.7. The van der Waals surface area contributed by atoms with E-state index in [2.05, 4.69) is 15.0 Å². The number of aromatic nitrogens is 4. The molecular weight excluding hydrogens is 416 g/mol. The molecule has 7 nitrogen and oxygen atoms in total. The van der Waals surface area contributed by atoms with E-state index in [1.165, 1.54) is 41.9 Å². The van der Waals surface area contributed by atoms with E-state index in [0.717, 1.165) is 30.8 Å². The van der Waals surface area contributed by atoms with Gasteiger partial charge in [0.05, 0.1) is 18.3 Å². The van der Waals surface area contributed by atoms with Gasteiger partial charge in [-0.2, -0.15) is 0 Å². The zero-order valence-electron chi connectivity index (χ0n) is 18.6. The summed E-state index contributed by atoms with van der Waals surface area (Å²) >= 11 is 0. The highest BCUT2D eigenvalue weighted by molar-refractivity contribution is 5.70. The lowest BCUT2D eigenvalue weighted by Gasteiger charge is -2.12. The normalized spacial score (nSPS) is 20.1. The zero-order valence-corrected chi connectivity index (χ0v) is 18.6. The number of rotatable bonds is 8. The molecule has 0 bridgehead atoms. The molecule has 3 aromatic heterocycles. The molecule has 7 heteroatoms. The lowest BCUT2D eigenvalue weighted by molar-refractivity contribution is -0.136. The molecule has 2 saturated carbocycles. The van der Waals surface area contributed by atoms with Crippen LogP contribution in [0.5, 0.6) is 0 Å². The second-order valence-corrected chi connectivity index (χ2v) is 9.48. The second kappa shape index (κ2) is 9.25. The van der Waals surface area contributed by atoms with Crippen molar-refractivity contribution in [3.8, 4) is 5.69 Å². The van der Waals surface area contributed by atoms with Crippen molar-refractivity contribution in [3.05, 3.63) is 82.1 Å². The van der Waals surface area contributed by atoms with Crippen LogP contribution >= 0.6 is 0 Å². The molecule has 0 saturated heterocycles. The summed E-state index contributed by atoms with van der Waals surface area (Å²) in [6, 6.07) is 6.81. The molecule has 33 heavy (non-hydrogen) atoms. The Morgan fingerprint density at radius 2 is 1.70 bits per heavy atom. The fourth-order valence-corrected chi connectivity index (χ4v) is 4.89. The molecule has 0 unspecified atom stereocenters. The SMILES string of the molecule is O=C(O)Cc1ccc(=O)n(-c2ccc(C[C@H]3CC[C@H](Cc4ncc(C5CC5)cn4)C3)nc2)c1. The molecule has 2 fully saturated rings. The van der Waals surface area contributed by atoms with Crippen molar-refractivity contribution in [2.75, 3.05) is 0 Å². The second-order valence-electron chi connectivity index (χ2n) is 9.48. The van der Waals surface area contributed by atoms with Crippen molar-refractivity contribution in [2.45, 2.75) is 57.3 Å². The van der Waals surface area contributed by atoms with Crippen LogP contribution in [0.3, 0.4) is 0 Å².